The van der Waals surface area contributed by atoms with E-state index in [-0.39, 0.29) is 11.2 Å². The summed E-state index contributed by atoms with van der Waals surface area (Å²) in [6.45, 7) is 3.64. The number of carbonyl (C=O) groups is 1. The second kappa shape index (κ2) is 5.04. The van der Waals surface area contributed by atoms with Crippen LogP contribution < -0.4 is 5.32 Å². The van der Waals surface area contributed by atoms with Gasteiger partial charge < -0.3 is 5.32 Å². The molecule has 0 spiro atoms. The third kappa shape index (κ3) is 2.74. The maximum Gasteiger partial charge on any atom is 0.237 e. The molecule has 0 aromatic rings. The third-order valence-electron chi connectivity index (χ3n) is 1.70. The maximum absolute atomic E-state index is 11.2. The van der Waals surface area contributed by atoms with Crippen LogP contribution in [0.5, 0.6) is 0 Å². The highest BCUT2D eigenvalue weighted by molar-refractivity contribution is 8.03. The first-order valence-electron chi connectivity index (χ1n) is 4.06. The summed E-state index contributed by atoms with van der Waals surface area (Å²) in [5, 5.41) is 4.73. The van der Waals surface area contributed by atoms with Crippen molar-refractivity contribution in [3.8, 4) is 0 Å². The molecule has 1 amide bonds. The minimum Gasteiger partial charge on any atom is -0.331 e. The molecule has 0 saturated heterocycles. The predicted octanol–water partition coefficient (Wildman–Crippen LogP) is 2.05. The zero-order valence-corrected chi connectivity index (χ0v) is 7.77. The largest absolute Gasteiger partial charge is 0.331 e. The Bertz CT molecular complexity index is 201. The summed E-state index contributed by atoms with van der Waals surface area (Å²) < 4.78 is 0. The van der Waals surface area contributed by atoms with Crippen molar-refractivity contribution >= 4 is 17.7 Å². The maximum atomic E-state index is 11.2. The van der Waals surface area contributed by atoms with Crippen molar-refractivity contribution in [2.45, 2.75) is 24.5 Å². The fourth-order valence-electron chi connectivity index (χ4n) is 1.05. The van der Waals surface area contributed by atoms with Crippen LogP contribution in [0.25, 0.3) is 0 Å². The van der Waals surface area contributed by atoms with E-state index in [0.29, 0.717) is 0 Å². The summed E-state index contributed by atoms with van der Waals surface area (Å²) in [6.07, 6.45) is 6.56. The smallest absolute Gasteiger partial charge is 0.237 e. The summed E-state index contributed by atoms with van der Waals surface area (Å²) in [5.74, 6) is 0.131. The summed E-state index contributed by atoms with van der Waals surface area (Å²) in [4.78, 5) is 11.2. The van der Waals surface area contributed by atoms with E-state index in [1.165, 1.54) is 0 Å². The van der Waals surface area contributed by atoms with Gasteiger partial charge in [-0.05, 0) is 24.7 Å². The summed E-state index contributed by atoms with van der Waals surface area (Å²) in [6, 6.07) is 0. The van der Waals surface area contributed by atoms with E-state index in [4.69, 9.17) is 0 Å². The van der Waals surface area contributed by atoms with Gasteiger partial charge in [0.1, 0.15) is 0 Å². The van der Waals surface area contributed by atoms with Crippen LogP contribution >= 0.6 is 11.8 Å². The summed E-state index contributed by atoms with van der Waals surface area (Å²) in [5.41, 5.74) is 0. The van der Waals surface area contributed by atoms with E-state index in [1.54, 1.807) is 18.0 Å². The molecule has 1 N–H and O–H groups in total. The van der Waals surface area contributed by atoms with Gasteiger partial charge >= 0.3 is 0 Å². The van der Waals surface area contributed by atoms with Crippen LogP contribution in [0.3, 0.4) is 0 Å². The molecular formula is C9H13NOS. The predicted molar refractivity (Wildman–Crippen MR) is 52.7 cm³/mol. The number of allylic oxidation sites excluding steroid dienone is 1. The fourth-order valence-corrected chi connectivity index (χ4v) is 1.88. The molecule has 0 saturated carbocycles. The lowest BCUT2D eigenvalue weighted by atomic mass is 10.2. The number of thioether (sulfide) groups is 1. The molecule has 1 unspecified atom stereocenters. The quantitative estimate of drug-likeness (QED) is 0.534. The molecule has 3 heteroatoms. The van der Waals surface area contributed by atoms with Gasteiger partial charge in [0.2, 0.25) is 5.91 Å². The fraction of sp³-hybridized carbons (Fsp3) is 0.444. The highest BCUT2D eigenvalue weighted by Gasteiger charge is 2.18. The van der Waals surface area contributed by atoms with Crippen molar-refractivity contribution in [1.82, 2.24) is 5.32 Å². The van der Waals surface area contributed by atoms with Gasteiger partial charge in [0, 0.05) is 6.20 Å². The SMILES string of the molecule is C=CCCCC1SC=CNC1=O. The van der Waals surface area contributed by atoms with Crippen molar-refractivity contribution in [2.24, 2.45) is 0 Å². The van der Waals surface area contributed by atoms with Crippen LogP contribution in [-0.2, 0) is 4.79 Å². The van der Waals surface area contributed by atoms with Gasteiger partial charge in [0.05, 0.1) is 5.25 Å². The van der Waals surface area contributed by atoms with Crippen molar-refractivity contribution in [2.75, 3.05) is 0 Å². The summed E-state index contributed by atoms with van der Waals surface area (Å²) in [7, 11) is 0. The number of hydrogen-bond donors (Lipinski definition) is 1. The zero-order chi connectivity index (χ0) is 8.81. The number of hydrogen-bond acceptors (Lipinski definition) is 2. The van der Waals surface area contributed by atoms with E-state index in [0.717, 1.165) is 19.3 Å². The lowest BCUT2D eigenvalue weighted by molar-refractivity contribution is -0.119. The van der Waals surface area contributed by atoms with E-state index in [9.17, 15) is 4.79 Å². The Labute approximate surface area is 77.1 Å². The van der Waals surface area contributed by atoms with Gasteiger partial charge in [0.25, 0.3) is 0 Å². The molecule has 1 aliphatic heterocycles. The molecule has 0 aromatic carbocycles. The third-order valence-corrected chi connectivity index (χ3v) is 2.77. The molecule has 0 aromatic heterocycles. The van der Waals surface area contributed by atoms with Crippen molar-refractivity contribution in [3.63, 3.8) is 0 Å². The average Bonchev–Trinajstić information content (AvgIpc) is 2.09. The van der Waals surface area contributed by atoms with Crippen LogP contribution in [0.2, 0.25) is 0 Å². The van der Waals surface area contributed by atoms with Crippen LogP contribution in [0.4, 0.5) is 0 Å². The lowest BCUT2D eigenvalue weighted by Gasteiger charge is -2.15. The van der Waals surface area contributed by atoms with Crippen molar-refractivity contribution < 1.29 is 4.79 Å². The van der Waals surface area contributed by atoms with Crippen molar-refractivity contribution in [1.29, 1.82) is 0 Å². The number of nitrogens with one attached hydrogen (secondary N) is 1. The van der Waals surface area contributed by atoms with Gasteiger partial charge in [-0.25, -0.2) is 0 Å². The minimum absolute atomic E-state index is 0.106. The molecule has 1 heterocycles. The van der Waals surface area contributed by atoms with Crippen LogP contribution in [0.1, 0.15) is 19.3 Å². The minimum atomic E-state index is 0.106. The van der Waals surface area contributed by atoms with Gasteiger partial charge in [-0.2, -0.15) is 0 Å². The van der Waals surface area contributed by atoms with Crippen LogP contribution in [-0.4, -0.2) is 11.2 Å². The molecule has 1 atom stereocenters. The molecule has 1 rings (SSSR count). The highest BCUT2D eigenvalue weighted by Crippen LogP contribution is 2.21. The molecule has 0 radical (unpaired) electrons. The molecular weight excluding hydrogens is 170 g/mol. The van der Waals surface area contributed by atoms with E-state index in [2.05, 4.69) is 11.9 Å². The normalized spacial score (nSPS) is 22.0. The molecule has 1 aliphatic rings. The van der Waals surface area contributed by atoms with Gasteiger partial charge in [-0.3, -0.25) is 4.79 Å². The Balaban J connectivity index is 2.26. The Morgan fingerprint density at radius 1 is 1.75 bits per heavy atom. The van der Waals surface area contributed by atoms with Gasteiger partial charge in [-0.1, -0.05) is 6.08 Å². The number of carbonyl (C=O) groups excluding carboxylic acids is 1. The first kappa shape index (κ1) is 9.39. The van der Waals surface area contributed by atoms with E-state index < -0.39 is 0 Å². The molecule has 12 heavy (non-hydrogen) atoms. The lowest BCUT2D eigenvalue weighted by Crippen LogP contribution is -2.30. The highest BCUT2D eigenvalue weighted by atomic mass is 32.2. The molecule has 0 aliphatic carbocycles. The Morgan fingerprint density at radius 3 is 3.25 bits per heavy atom. The van der Waals surface area contributed by atoms with Gasteiger partial charge in [0.15, 0.2) is 0 Å². The zero-order valence-electron chi connectivity index (χ0n) is 6.95. The molecule has 0 bridgehead atoms. The number of amides is 1. The van der Waals surface area contributed by atoms with Gasteiger partial charge in [-0.15, -0.1) is 18.3 Å². The summed E-state index contributed by atoms with van der Waals surface area (Å²) >= 11 is 1.59. The Kier molecular flexibility index (Phi) is 3.94. The Morgan fingerprint density at radius 2 is 2.58 bits per heavy atom. The topological polar surface area (TPSA) is 29.1 Å². The van der Waals surface area contributed by atoms with E-state index >= 15 is 0 Å². The average molecular weight is 183 g/mol. The second-order valence-corrected chi connectivity index (χ2v) is 3.77. The first-order chi connectivity index (χ1) is 5.84. The monoisotopic (exact) mass is 183 g/mol. The standard InChI is InChI=1S/C9H13NOS/c1-2-3-4-5-8-9(11)10-6-7-12-8/h2,6-8H,1,3-5H2,(H,10,11). The van der Waals surface area contributed by atoms with Crippen molar-refractivity contribution in [3.05, 3.63) is 24.3 Å². The molecule has 66 valence electrons. The van der Waals surface area contributed by atoms with Crippen LogP contribution in [0, 0.1) is 0 Å². The molecule has 0 fully saturated rings. The number of rotatable bonds is 4. The Hall–Kier alpha value is -0.700. The number of unbranched alkanes of at least 4 members (excludes halogenated alkanes) is 1. The second-order valence-electron chi connectivity index (χ2n) is 2.66. The van der Waals surface area contributed by atoms with Crippen LogP contribution in [0.15, 0.2) is 24.3 Å². The van der Waals surface area contributed by atoms with E-state index in [1.807, 2.05) is 11.5 Å². The molecule has 2 nitrogen and oxygen atoms in total. The first-order valence-corrected chi connectivity index (χ1v) is 5.00.